The lowest BCUT2D eigenvalue weighted by molar-refractivity contribution is 0.0992. The van der Waals surface area contributed by atoms with Crippen LogP contribution in [0.15, 0.2) is 0 Å². The van der Waals surface area contributed by atoms with E-state index in [1.165, 1.54) is 30.6 Å². The van der Waals surface area contributed by atoms with Crippen LogP contribution in [0.5, 0.6) is 5.75 Å². The number of fused-ring (bicyclic) bond motifs is 1. The van der Waals surface area contributed by atoms with Crippen molar-refractivity contribution in [2.45, 2.75) is 32.6 Å². The summed E-state index contributed by atoms with van der Waals surface area (Å²) in [7, 11) is 1.64. The van der Waals surface area contributed by atoms with Crippen LogP contribution in [-0.2, 0) is 0 Å². The van der Waals surface area contributed by atoms with Crippen molar-refractivity contribution in [1.82, 2.24) is 0 Å². The Bertz CT molecular complexity index is 514. The molecule has 2 aliphatic rings. The highest BCUT2D eigenvalue weighted by Crippen LogP contribution is 2.49. The molecule has 110 valence electrons. The maximum absolute atomic E-state index is 12.0. The summed E-state index contributed by atoms with van der Waals surface area (Å²) >= 11 is 1.51. The fourth-order valence-corrected chi connectivity index (χ4v) is 4.81. The van der Waals surface area contributed by atoms with Crippen molar-refractivity contribution in [2.75, 3.05) is 30.8 Å². The SMILES string of the molecule is CCC(=O)c1sc(N2CC3CCCC3C2)c(OC)c1N. The number of methoxy groups -OCH3 is 1. The van der Waals surface area contributed by atoms with Gasteiger partial charge in [0.25, 0.3) is 0 Å². The summed E-state index contributed by atoms with van der Waals surface area (Å²) in [5.74, 6) is 2.44. The minimum absolute atomic E-state index is 0.108. The summed E-state index contributed by atoms with van der Waals surface area (Å²) in [5.41, 5.74) is 6.64. The number of hydrogen-bond acceptors (Lipinski definition) is 5. The van der Waals surface area contributed by atoms with Gasteiger partial charge in [-0.2, -0.15) is 0 Å². The van der Waals surface area contributed by atoms with Crippen molar-refractivity contribution in [3.05, 3.63) is 4.88 Å². The van der Waals surface area contributed by atoms with Crippen LogP contribution in [-0.4, -0.2) is 26.0 Å². The fourth-order valence-electron chi connectivity index (χ4n) is 3.59. The number of anilines is 2. The fraction of sp³-hybridized carbons (Fsp3) is 0.667. The zero-order valence-electron chi connectivity index (χ0n) is 12.1. The molecule has 2 atom stereocenters. The number of carbonyl (C=O) groups is 1. The van der Waals surface area contributed by atoms with Gasteiger partial charge in [-0.15, -0.1) is 11.3 Å². The standard InChI is InChI=1S/C15H22N2O2S/c1-3-11(18)14-12(16)13(19-2)15(20-14)17-7-9-5-4-6-10(9)8-17/h9-10H,3-8,16H2,1-2H3. The molecule has 1 aliphatic heterocycles. The summed E-state index contributed by atoms with van der Waals surface area (Å²) in [6.45, 7) is 4.04. The number of carbonyl (C=O) groups excluding carboxylic acids is 1. The number of rotatable bonds is 4. The van der Waals surface area contributed by atoms with Gasteiger partial charge in [0.05, 0.1) is 17.7 Å². The van der Waals surface area contributed by atoms with Gasteiger partial charge in [-0.05, 0) is 24.7 Å². The quantitative estimate of drug-likeness (QED) is 0.867. The van der Waals surface area contributed by atoms with Crippen LogP contribution in [0.2, 0.25) is 0 Å². The van der Waals surface area contributed by atoms with Crippen molar-refractivity contribution in [3.8, 4) is 5.75 Å². The predicted molar refractivity (Wildman–Crippen MR) is 82.9 cm³/mol. The van der Waals surface area contributed by atoms with Gasteiger partial charge in [0, 0.05) is 19.5 Å². The van der Waals surface area contributed by atoms with Crippen molar-refractivity contribution >= 4 is 27.8 Å². The van der Waals surface area contributed by atoms with Gasteiger partial charge in [0.1, 0.15) is 5.00 Å². The molecule has 1 saturated heterocycles. The molecule has 2 heterocycles. The molecular weight excluding hydrogens is 272 g/mol. The lowest BCUT2D eigenvalue weighted by atomic mass is 10.0. The van der Waals surface area contributed by atoms with E-state index in [0.717, 1.165) is 29.9 Å². The van der Waals surface area contributed by atoms with E-state index >= 15 is 0 Å². The molecule has 2 N–H and O–H groups in total. The van der Waals surface area contributed by atoms with E-state index in [1.807, 2.05) is 6.92 Å². The van der Waals surface area contributed by atoms with Crippen LogP contribution in [0.25, 0.3) is 0 Å². The molecule has 20 heavy (non-hydrogen) atoms. The van der Waals surface area contributed by atoms with Crippen LogP contribution < -0.4 is 15.4 Å². The Morgan fingerprint density at radius 1 is 1.40 bits per heavy atom. The monoisotopic (exact) mass is 294 g/mol. The van der Waals surface area contributed by atoms with E-state index in [2.05, 4.69) is 4.90 Å². The number of nitrogens with two attached hydrogens (primary N) is 1. The molecular formula is C15H22N2O2S. The van der Waals surface area contributed by atoms with Gasteiger partial charge in [0.15, 0.2) is 11.5 Å². The molecule has 4 nitrogen and oxygen atoms in total. The summed E-state index contributed by atoms with van der Waals surface area (Å²) in [4.78, 5) is 15.0. The van der Waals surface area contributed by atoms with Crippen LogP contribution in [0.3, 0.4) is 0 Å². The second-order valence-electron chi connectivity index (χ2n) is 5.82. The van der Waals surface area contributed by atoms with Gasteiger partial charge >= 0.3 is 0 Å². The second kappa shape index (κ2) is 5.28. The summed E-state index contributed by atoms with van der Waals surface area (Å²) < 4.78 is 5.48. The average molecular weight is 294 g/mol. The molecule has 0 amide bonds. The molecule has 0 spiro atoms. The van der Waals surface area contributed by atoms with E-state index in [0.29, 0.717) is 22.7 Å². The van der Waals surface area contributed by atoms with Gasteiger partial charge in [-0.1, -0.05) is 13.3 Å². The van der Waals surface area contributed by atoms with Crippen molar-refractivity contribution in [3.63, 3.8) is 0 Å². The van der Waals surface area contributed by atoms with E-state index in [-0.39, 0.29) is 5.78 Å². The molecule has 1 aliphatic carbocycles. The zero-order valence-corrected chi connectivity index (χ0v) is 13.0. The van der Waals surface area contributed by atoms with Gasteiger partial charge in [-0.3, -0.25) is 4.79 Å². The highest BCUT2D eigenvalue weighted by atomic mass is 32.1. The van der Waals surface area contributed by atoms with Gasteiger partial charge in [0.2, 0.25) is 0 Å². The zero-order chi connectivity index (χ0) is 14.3. The molecule has 2 unspecified atom stereocenters. The van der Waals surface area contributed by atoms with Crippen molar-refractivity contribution in [2.24, 2.45) is 11.8 Å². The Balaban J connectivity index is 1.91. The molecule has 5 heteroatoms. The average Bonchev–Trinajstić information content (AvgIpc) is 3.09. The van der Waals surface area contributed by atoms with Crippen LogP contribution in [0.1, 0.15) is 42.3 Å². The first-order chi connectivity index (χ1) is 9.65. The Labute approximate surface area is 123 Å². The minimum Gasteiger partial charge on any atom is -0.492 e. The molecule has 0 aromatic carbocycles. The van der Waals surface area contributed by atoms with Gasteiger partial charge < -0.3 is 15.4 Å². The highest BCUT2D eigenvalue weighted by molar-refractivity contribution is 7.19. The predicted octanol–water partition coefficient (Wildman–Crippen LogP) is 3.17. The summed E-state index contributed by atoms with van der Waals surface area (Å²) in [6, 6.07) is 0. The number of nitrogens with zero attached hydrogens (tertiary/aromatic N) is 1. The Morgan fingerprint density at radius 3 is 2.60 bits per heavy atom. The molecule has 0 bridgehead atoms. The molecule has 3 rings (SSSR count). The molecule has 0 radical (unpaired) electrons. The first-order valence-electron chi connectivity index (χ1n) is 7.40. The Kier molecular flexibility index (Phi) is 3.63. The number of thiophene rings is 1. The number of hydrogen-bond donors (Lipinski definition) is 1. The third-order valence-corrected chi connectivity index (χ3v) is 5.96. The largest absolute Gasteiger partial charge is 0.492 e. The first-order valence-corrected chi connectivity index (χ1v) is 8.21. The molecule has 1 aromatic heterocycles. The topological polar surface area (TPSA) is 55.6 Å². The number of Topliss-reactive ketones (excluding diaryl/α,β-unsaturated/α-hetero) is 1. The molecule has 1 saturated carbocycles. The maximum Gasteiger partial charge on any atom is 0.177 e. The third-order valence-electron chi connectivity index (χ3n) is 4.67. The smallest absolute Gasteiger partial charge is 0.177 e. The Morgan fingerprint density at radius 2 is 2.05 bits per heavy atom. The number of nitrogen functional groups attached to an aromatic ring is 1. The Hall–Kier alpha value is -1.23. The lowest BCUT2D eigenvalue weighted by Gasteiger charge is -2.18. The van der Waals surface area contributed by atoms with Crippen LogP contribution in [0.4, 0.5) is 10.7 Å². The van der Waals surface area contributed by atoms with Crippen LogP contribution in [0, 0.1) is 11.8 Å². The van der Waals surface area contributed by atoms with Gasteiger partial charge in [-0.25, -0.2) is 0 Å². The van der Waals surface area contributed by atoms with Crippen molar-refractivity contribution in [1.29, 1.82) is 0 Å². The van der Waals surface area contributed by atoms with E-state index in [1.54, 1.807) is 7.11 Å². The molecule has 2 fully saturated rings. The van der Waals surface area contributed by atoms with Crippen molar-refractivity contribution < 1.29 is 9.53 Å². The normalized spacial score (nSPS) is 25.0. The second-order valence-corrected chi connectivity index (χ2v) is 6.82. The van der Waals surface area contributed by atoms with E-state index < -0.39 is 0 Å². The summed E-state index contributed by atoms with van der Waals surface area (Å²) in [6.07, 6.45) is 4.53. The number of ketones is 1. The minimum atomic E-state index is 0.108. The third kappa shape index (κ3) is 2.08. The molecule has 1 aromatic rings. The van der Waals surface area contributed by atoms with E-state index in [9.17, 15) is 4.79 Å². The van der Waals surface area contributed by atoms with Crippen LogP contribution >= 0.6 is 11.3 Å². The maximum atomic E-state index is 12.0. The summed E-state index contributed by atoms with van der Waals surface area (Å²) in [5, 5.41) is 1.05. The first kappa shape index (κ1) is 13.7. The lowest BCUT2D eigenvalue weighted by Crippen LogP contribution is -2.20. The number of ether oxygens (including phenoxy) is 1. The highest BCUT2D eigenvalue weighted by Gasteiger charge is 2.38. The van der Waals surface area contributed by atoms with E-state index in [4.69, 9.17) is 10.5 Å².